The van der Waals surface area contributed by atoms with Crippen LogP contribution >= 0.6 is 11.3 Å². The van der Waals surface area contributed by atoms with Gasteiger partial charge in [-0.3, -0.25) is 4.79 Å². The molecule has 0 saturated carbocycles. The third kappa shape index (κ3) is 3.46. The molecule has 0 spiro atoms. The number of hydrogen-bond donors (Lipinski definition) is 2. The van der Waals surface area contributed by atoms with Crippen LogP contribution in [-0.2, 0) is 4.74 Å². The monoisotopic (exact) mass is 284 g/mol. The smallest absolute Gasteiger partial charge is 0.261 e. The maximum absolute atomic E-state index is 12.1. The van der Waals surface area contributed by atoms with Gasteiger partial charge in [0.25, 0.3) is 5.91 Å². The summed E-state index contributed by atoms with van der Waals surface area (Å²) in [6, 6.07) is 1.76. The second kappa shape index (κ2) is 6.36. The van der Waals surface area contributed by atoms with Gasteiger partial charge < -0.3 is 20.1 Å². The summed E-state index contributed by atoms with van der Waals surface area (Å²) in [6.45, 7) is 2.17. The van der Waals surface area contributed by atoms with Crippen molar-refractivity contribution in [3.8, 4) is 5.75 Å². The van der Waals surface area contributed by atoms with Crippen molar-refractivity contribution in [2.45, 2.75) is 18.4 Å². The molecule has 0 aromatic carbocycles. The van der Waals surface area contributed by atoms with E-state index >= 15 is 0 Å². The van der Waals surface area contributed by atoms with Gasteiger partial charge in [-0.1, -0.05) is 0 Å². The number of ether oxygens (including phenoxy) is 2. The minimum absolute atomic E-state index is 0.0579. The second-order valence-electron chi connectivity index (χ2n) is 4.78. The molecule has 1 aromatic rings. The summed E-state index contributed by atoms with van der Waals surface area (Å²) in [5.74, 6) is 0.665. The van der Waals surface area contributed by atoms with Gasteiger partial charge in [-0.2, -0.15) is 0 Å². The third-order valence-corrected chi connectivity index (χ3v) is 4.28. The van der Waals surface area contributed by atoms with E-state index in [1.54, 1.807) is 20.3 Å². The SMILES string of the molecule is COCC1(CNC(=O)c2cc(OC)cs2)CCCN1. The van der Waals surface area contributed by atoms with E-state index in [0.717, 1.165) is 25.1 Å². The van der Waals surface area contributed by atoms with Crippen molar-refractivity contribution in [2.24, 2.45) is 0 Å². The van der Waals surface area contributed by atoms with E-state index in [4.69, 9.17) is 9.47 Å². The fourth-order valence-electron chi connectivity index (χ4n) is 2.35. The zero-order valence-corrected chi connectivity index (χ0v) is 12.1. The molecule has 5 nitrogen and oxygen atoms in total. The maximum atomic E-state index is 12.1. The van der Waals surface area contributed by atoms with Crippen LogP contribution in [0.25, 0.3) is 0 Å². The quantitative estimate of drug-likeness (QED) is 0.825. The first-order valence-corrected chi connectivity index (χ1v) is 7.22. The van der Waals surface area contributed by atoms with E-state index < -0.39 is 0 Å². The molecule has 0 aliphatic carbocycles. The second-order valence-corrected chi connectivity index (χ2v) is 5.69. The third-order valence-electron chi connectivity index (χ3n) is 3.37. The summed E-state index contributed by atoms with van der Waals surface area (Å²) in [5.41, 5.74) is -0.119. The zero-order valence-electron chi connectivity index (χ0n) is 11.3. The molecule has 19 heavy (non-hydrogen) atoms. The van der Waals surface area contributed by atoms with Gasteiger partial charge in [0.15, 0.2) is 0 Å². The van der Waals surface area contributed by atoms with Crippen LogP contribution in [0, 0.1) is 0 Å². The van der Waals surface area contributed by atoms with E-state index in [1.165, 1.54) is 11.3 Å². The van der Waals surface area contributed by atoms with E-state index in [0.29, 0.717) is 18.0 Å². The van der Waals surface area contributed by atoms with Gasteiger partial charge in [0, 0.05) is 25.1 Å². The van der Waals surface area contributed by atoms with E-state index in [9.17, 15) is 4.79 Å². The number of carbonyl (C=O) groups is 1. The number of nitrogens with one attached hydrogen (secondary N) is 2. The average Bonchev–Trinajstić information content (AvgIpc) is 3.06. The molecule has 6 heteroatoms. The minimum atomic E-state index is -0.119. The topological polar surface area (TPSA) is 59.6 Å². The summed E-state index contributed by atoms with van der Waals surface area (Å²) < 4.78 is 10.3. The average molecular weight is 284 g/mol. The largest absolute Gasteiger partial charge is 0.496 e. The first-order valence-electron chi connectivity index (χ1n) is 6.34. The molecule has 1 aromatic heterocycles. The van der Waals surface area contributed by atoms with Crippen LogP contribution in [0.15, 0.2) is 11.4 Å². The van der Waals surface area contributed by atoms with Gasteiger partial charge in [-0.05, 0) is 19.4 Å². The molecule has 1 fully saturated rings. The van der Waals surface area contributed by atoms with Crippen molar-refractivity contribution in [1.29, 1.82) is 0 Å². The lowest BCUT2D eigenvalue weighted by molar-refractivity contribution is 0.0895. The summed E-state index contributed by atoms with van der Waals surface area (Å²) in [5, 5.41) is 8.24. The van der Waals surface area contributed by atoms with Crippen LogP contribution < -0.4 is 15.4 Å². The molecule has 1 saturated heterocycles. The molecule has 1 aliphatic heterocycles. The summed E-state index contributed by atoms with van der Waals surface area (Å²) in [6.07, 6.45) is 2.14. The summed E-state index contributed by atoms with van der Waals surface area (Å²) >= 11 is 1.39. The first-order chi connectivity index (χ1) is 9.19. The van der Waals surface area contributed by atoms with Gasteiger partial charge in [0.1, 0.15) is 5.75 Å². The van der Waals surface area contributed by atoms with Gasteiger partial charge in [-0.25, -0.2) is 0 Å². The number of rotatable bonds is 6. The highest BCUT2D eigenvalue weighted by molar-refractivity contribution is 7.12. The Morgan fingerprint density at radius 3 is 3.00 bits per heavy atom. The van der Waals surface area contributed by atoms with E-state index in [-0.39, 0.29) is 11.4 Å². The Bertz CT molecular complexity index is 427. The number of carbonyl (C=O) groups excluding carboxylic acids is 1. The molecule has 2 N–H and O–H groups in total. The molecule has 0 radical (unpaired) electrons. The number of amides is 1. The lowest BCUT2D eigenvalue weighted by Crippen LogP contribution is -2.52. The highest BCUT2D eigenvalue weighted by atomic mass is 32.1. The Kier molecular flexibility index (Phi) is 4.79. The van der Waals surface area contributed by atoms with Crippen molar-refractivity contribution in [3.63, 3.8) is 0 Å². The summed E-state index contributed by atoms with van der Waals surface area (Å²) in [7, 11) is 3.29. The lowest BCUT2D eigenvalue weighted by atomic mass is 9.98. The fraction of sp³-hybridized carbons (Fsp3) is 0.615. The van der Waals surface area contributed by atoms with Gasteiger partial charge in [0.2, 0.25) is 0 Å². The molecule has 2 heterocycles. The Labute approximate surface area is 117 Å². The van der Waals surface area contributed by atoms with Crippen molar-refractivity contribution in [1.82, 2.24) is 10.6 Å². The molecule has 1 unspecified atom stereocenters. The normalized spacial score (nSPS) is 22.4. The first kappa shape index (κ1) is 14.3. The molecular weight excluding hydrogens is 264 g/mol. The highest BCUT2D eigenvalue weighted by Crippen LogP contribution is 2.22. The Morgan fingerprint density at radius 2 is 2.42 bits per heavy atom. The Balaban J connectivity index is 1.91. The predicted molar refractivity (Wildman–Crippen MR) is 75.0 cm³/mol. The van der Waals surface area contributed by atoms with Crippen LogP contribution in [0.5, 0.6) is 5.75 Å². The molecule has 2 rings (SSSR count). The molecule has 1 aliphatic rings. The van der Waals surface area contributed by atoms with Crippen molar-refractivity contribution < 1.29 is 14.3 Å². The van der Waals surface area contributed by atoms with Gasteiger partial charge >= 0.3 is 0 Å². The Morgan fingerprint density at radius 1 is 1.58 bits per heavy atom. The van der Waals surface area contributed by atoms with Gasteiger partial charge in [0.05, 0.1) is 24.1 Å². The van der Waals surface area contributed by atoms with E-state index in [2.05, 4.69) is 10.6 Å². The van der Waals surface area contributed by atoms with Crippen LogP contribution in [-0.4, -0.2) is 45.4 Å². The standard InChI is InChI=1S/C13H20N2O3S/c1-17-9-13(4-3-5-15-13)8-14-12(16)11-6-10(18-2)7-19-11/h6-7,15H,3-5,8-9H2,1-2H3,(H,14,16). The number of hydrogen-bond acceptors (Lipinski definition) is 5. The van der Waals surface area contributed by atoms with Crippen molar-refractivity contribution in [3.05, 3.63) is 16.3 Å². The van der Waals surface area contributed by atoms with Crippen molar-refractivity contribution in [2.75, 3.05) is 33.9 Å². The molecular formula is C13H20N2O3S. The predicted octanol–water partition coefficient (Wildman–Crippen LogP) is 1.26. The van der Waals surface area contributed by atoms with Crippen molar-refractivity contribution >= 4 is 17.2 Å². The number of thiophene rings is 1. The minimum Gasteiger partial charge on any atom is -0.496 e. The van der Waals surface area contributed by atoms with Crippen LogP contribution in [0.4, 0.5) is 0 Å². The fourth-order valence-corrected chi connectivity index (χ4v) is 3.12. The Hall–Kier alpha value is -1.11. The molecule has 1 amide bonds. The highest BCUT2D eigenvalue weighted by Gasteiger charge is 2.33. The zero-order chi connectivity index (χ0) is 13.7. The summed E-state index contributed by atoms with van der Waals surface area (Å²) in [4.78, 5) is 12.7. The molecule has 0 bridgehead atoms. The lowest BCUT2D eigenvalue weighted by Gasteiger charge is -2.28. The van der Waals surface area contributed by atoms with Crippen LogP contribution in [0.3, 0.4) is 0 Å². The van der Waals surface area contributed by atoms with Crippen LogP contribution in [0.1, 0.15) is 22.5 Å². The maximum Gasteiger partial charge on any atom is 0.261 e. The van der Waals surface area contributed by atoms with E-state index in [1.807, 2.05) is 5.38 Å². The van der Waals surface area contributed by atoms with Gasteiger partial charge in [-0.15, -0.1) is 11.3 Å². The number of methoxy groups -OCH3 is 2. The van der Waals surface area contributed by atoms with Crippen LogP contribution in [0.2, 0.25) is 0 Å². The molecule has 1 atom stereocenters. The molecule has 106 valence electrons.